The Labute approximate surface area is 105 Å². The average molecular weight is 248 g/mol. The number of carbonyl (C=O) groups is 1. The van der Waals surface area contributed by atoms with Gasteiger partial charge in [0, 0.05) is 17.8 Å². The molecule has 0 aliphatic heterocycles. The van der Waals surface area contributed by atoms with E-state index in [4.69, 9.17) is 0 Å². The van der Waals surface area contributed by atoms with Crippen molar-refractivity contribution in [1.29, 1.82) is 0 Å². The quantitative estimate of drug-likeness (QED) is 0.762. The van der Waals surface area contributed by atoms with Gasteiger partial charge in [0.1, 0.15) is 5.69 Å². The zero-order valence-corrected chi connectivity index (χ0v) is 11.0. The van der Waals surface area contributed by atoms with E-state index in [1.165, 1.54) is 0 Å². The van der Waals surface area contributed by atoms with E-state index in [0.717, 1.165) is 29.2 Å². The lowest BCUT2D eigenvalue weighted by Gasteiger charge is -2.02. The van der Waals surface area contributed by atoms with Gasteiger partial charge in [0.2, 0.25) is 0 Å². The summed E-state index contributed by atoms with van der Waals surface area (Å²) in [6.07, 6.45) is 1.35. The molecule has 0 saturated heterocycles. The maximum Gasteiger partial charge on any atom is 0.186 e. The summed E-state index contributed by atoms with van der Waals surface area (Å²) < 4.78 is 1.80. The van der Waals surface area contributed by atoms with Crippen LogP contribution in [0.2, 0.25) is 0 Å². The number of nitrogens with zero attached hydrogens (tertiary/aromatic N) is 2. The third kappa shape index (κ3) is 2.64. The molecule has 0 N–H and O–H groups in total. The van der Waals surface area contributed by atoms with Crippen LogP contribution in [-0.2, 0) is 19.4 Å². The molecule has 0 radical (unpaired) electrons. The molecule has 17 heavy (non-hydrogen) atoms. The lowest BCUT2D eigenvalue weighted by molar-refractivity contribution is 0.0983. The SMILES string of the molecule is CCc1cc(C(=O)Cc2cccs2)n(CC)n1. The van der Waals surface area contributed by atoms with Gasteiger partial charge in [0.05, 0.1) is 5.69 Å². The number of aromatic nitrogens is 2. The van der Waals surface area contributed by atoms with Crippen molar-refractivity contribution in [3.8, 4) is 0 Å². The largest absolute Gasteiger partial charge is 0.292 e. The van der Waals surface area contributed by atoms with Crippen LogP contribution in [0, 0.1) is 0 Å². The molecule has 0 bridgehead atoms. The highest BCUT2D eigenvalue weighted by Crippen LogP contribution is 2.14. The topological polar surface area (TPSA) is 34.9 Å². The van der Waals surface area contributed by atoms with Crippen molar-refractivity contribution in [1.82, 2.24) is 9.78 Å². The van der Waals surface area contributed by atoms with Crippen molar-refractivity contribution >= 4 is 17.1 Å². The first-order valence-corrected chi connectivity index (χ1v) is 6.74. The molecule has 0 fully saturated rings. The predicted octanol–water partition coefficient (Wildman–Crippen LogP) is 2.95. The second-order valence-electron chi connectivity index (χ2n) is 3.87. The van der Waals surface area contributed by atoms with Gasteiger partial charge in [-0.2, -0.15) is 5.10 Å². The molecule has 0 aromatic carbocycles. The summed E-state index contributed by atoms with van der Waals surface area (Å²) in [6.45, 7) is 4.80. The molecule has 3 nitrogen and oxygen atoms in total. The number of carbonyl (C=O) groups excluding carboxylic acids is 1. The van der Waals surface area contributed by atoms with Gasteiger partial charge in [-0.25, -0.2) is 0 Å². The third-order valence-corrected chi connectivity index (χ3v) is 3.57. The maximum absolute atomic E-state index is 12.2. The summed E-state index contributed by atoms with van der Waals surface area (Å²) in [7, 11) is 0. The molecule has 2 rings (SSSR count). The second-order valence-corrected chi connectivity index (χ2v) is 4.90. The number of thiophene rings is 1. The van der Waals surface area contributed by atoms with Crippen LogP contribution in [0.5, 0.6) is 0 Å². The fraction of sp³-hybridized carbons (Fsp3) is 0.385. The summed E-state index contributed by atoms with van der Waals surface area (Å²) in [5, 5.41) is 6.39. The van der Waals surface area contributed by atoms with Crippen molar-refractivity contribution in [2.45, 2.75) is 33.2 Å². The predicted molar refractivity (Wildman–Crippen MR) is 69.6 cm³/mol. The molecule has 0 aliphatic carbocycles. The molecule has 0 spiro atoms. The van der Waals surface area contributed by atoms with E-state index in [0.29, 0.717) is 6.42 Å². The third-order valence-electron chi connectivity index (χ3n) is 2.69. The number of hydrogen-bond donors (Lipinski definition) is 0. The number of aryl methyl sites for hydroxylation is 2. The number of hydrogen-bond acceptors (Lipinski definition) is 3. The van der Waals surface area contributed by atoms with Gasteiger partial charge in [-0.1, -0.05) is 13.0 Å². The van der Waals surface area contributed by atoms with Gasteiger partial charge < -0.3 is 0 Å². The lowest BCUT2D eigenvalue weighted by atomic mass is 10.1. The van der Waals surface area contributed by atoms with Crippen LogP contribution in [-0.4, -0.2) is 15.6 Å². The molecule has 2 aromatic heterocycles. The Morgan fingerprint density at radius 2 is 2.29 bits per heavy atom. The minimum absolute atomic E-state index is 0.154. The summed E-state index contributed by atoms with van der Waals surface area (Å²) in [5.74, 6) is 0.154. The van der Waals surface area contributed by atoms with Crippen LogP contribution >= 0.6 is 11.3 Å². The Kier molecular flexibility index (Phi) is 3.74. The van der Waals surface area contributed by atoms with Crippen molar-refractivity contribution in [3.63, 3.8) is 0 Å². The standard InChI is InChI=1S/C13H16N2OS/c1-3-10-8-12(15(4-2)14-10)13(16)9-11-6-5-7-17-11/h5-8H,3-4,9H2,1-2H3. The van der Waals surface area contributed by atoms with E-state index in [9.17, 15) is 4.79 Å². The average Bonchev–Trinajstić information content (AvgIpc) is 2.96. The Balaban J connectivity index is 2.21. The van der Waals surface area contributed by atoms with Gasteiger partial charge in [-0.05, 0) is 30.9 Å². The first-order valence-electron chi connectivity index (χ1n) is 5.86. The minimum Gasteiger partial charge on any atom is -0.292 e. The highest BCUT2D eigenvalue weighted by Gasteiger charge is 2.14. The molecule has 2 heterocycles. The summed E-state index contributed by atoms with van der Waals surface area (Å²) in [6, 6.07) is 5.89. The van der Waals surface area contributed by atoms with E-state index < -0.39 is 0 Å². The Morgan fingerprint density at radius 1 is 1.47 bits per heavy atom. The molecule has 0 saturated carbocycles. The van der Waals surface area contributed by atoms with Crippen molar-refractivity contribution < 1.29 is 4.79 Å². The van der Waals surface area contributed by atoms with Crippen LogP contribution in [0.3, 0.4) is 0 Å². The van der Waals surface area contributed by atoms with Crippen molar-refractivity contribution in [2.24, 2.45) is 0 Å². The molecule has 0 aliphatic rings. The van der Waals surface area contributed by atoms with E-state index in [2.05, 4.69) is 12.0 Å². The molecular formula is C13H16N2OS. The number of ketones is 1. The van der Waals surface area contributed by atoms with Gasteiger partial charge in [-0.15, -0.1) is 11.3 Å². The molecular weight excluding hydrogens is 232 g/mol. The van der Waals surface area contributed by atoms with E-state index in [1.54, 1.807) is 16.0 Å². The van der Waals surface area contributed by atoms with Crippen LogP contribution < -0.4 is 0 Å². The van der Waals surface area contributed by atoms with Gasteiger partial charge in [0.25, 0.3) is 0 Å². The smallest absolute Gasteiger partial charge is 0.186 e. The Morgan fingerprint density at radius 3 is 2.88 bits per heavy atom. The van der Waals surface area contributed by atoms with Crippen LogP contribution in [0.15, 0.2) is 23.6 Å². The van der Waals surface area contributed by atoms with E-state index >= 15 is 0 Å². The Hall–Kier alpha value is -1.42. The molecule has 4 heteroatoms. The second kappa shape index (κ2) is 5.27. The fourth-order valence-corrected chi connectivity index (χ4v) is 2.47. The number of rotatable bonds is 5. The van der Waals surface area contributed by atoms with Crippen LogP contribution in [0.1, 0.15) is 34.9 Å². The van der Waals surface area contributed by atoms with Gasteiger partial charge >= 0.3 is 0 Å². The first kappa shape index (κ1) is 12.0. The van der Waals surface area contributed by atoms with Crippen molar-refractivity contribution in [2.75, 3.05) is 0 Å². The molecule has 90 valence electrons. The van der Waals surface area contributed by atoms with E-state index in [-0.39, 0.29) is 5.78 Å². The summed E-state index contributed by atoms with van der Waals surface area (Å²) in [4.78, 5) is 13.3. The molecule has 0 amide bonds. The lowest BCUT2D eigenvalue weighted by Crippen LogP contribution is -2.11. The maximum atomic E-state index is 12.2. The van der Waals surface area contributed by atoms with Gasteiger partial charge in [0.15, 0.2) is 5.78 Å². The van der Waals surface area contributed by atoms with Crippen LogP contribution in [0.4, 0.5) is 0 Å². The first-order chi connectivity index (χ1) is 8.24. The summed E-state index contributed by atoms with van der Waals surface area (Å²) in [5.41, 5.74) is 1.72. The zero-order chi connectivity index (χ0) is 12.3. The normalized spacial score (nSPS) is 10.7. The fourth-order valence-electron chi connectivity index (χ4n) is 1.77. The summed E-state index contributed by atoms with van der Waals surface area (Å²) >= 11 is 1.62. The van der Waals surface area contributed by atoms with Gasteiger partial charge in [-0.3, -0.25) is 9.48 Å². The van der Waals surface area contributed by atoms with E-state index in [1.807, 2.05) is 30.5 Å². The molecule has 0 atom stereocenters. The molecule has 2 aromatic rings. The van der Waals surface area contributed by atoms with Crippen molar-refractivity contribution in [3.05, 3.63) is 39.8 Å². The zero-order valence-electron chi connectivity index (χ0n) is 10.1. The minimum atomic E-state index is 0.154. The van der Waals surface area contributed by atoms with Crippen LogP contribution in [0.25, 0.3) is 0 Å². The Bertz CT molecular complexity index is 499. The highest BCUT2D eigenvalue weighted by atomic mass is 32.1. The monoisotopic (exact) mass is 248 g/mol. The highest BCUT2D eigenvalue weighted by molar-refractivity contribution is 7.10. The molecule has 0 unspecified atom stereocenters. The number of Topliss-reactive ketones (excluding diaryl/α,β-unsaturated/α-hetero) is 1.